The van der Waals surface area contributed by atoms with Crippen molar-refractivity contribution in [3.8, 4) is 0 Å². The average Bonchev–Trinajstić information content (AvgIpc) is 2.32. The van der Waals surface area contributed by atoms with Gasteiger partial charge in [0.15, 0.2) is 5.96 Å². The molecule has 7 heteroatoms. The van der Waals surface area contributed by atoms with Gasteiger partial charge in [0.25, 0.3) is 0 Å². The molecule has 0 aromatic heterocycles. The summed E-state index contributed by atoms with van der Waals surface area (Å²) in [4.78, 5) is 3.85. The highest BCUT2D eigenvalue weighted by Gasteiger charge is 2.26. The first kappa shape index (κ1) is 18.0. The van der Waals surface area contributed by atoms with Crippen LogP contribution in [0.5, 0.6) is 0 Å². The Morgan fingerprint density at radius 3 is 2.47 bits per heavy atom. The SMILES string of the molecule is CCCCOCCNC(=NCCC(F)(F)F)NCC. The number of unbranched alkanes of at least 4 members (excludes halogenated alkanes) is 1. The molecule has 19 heavy (non-hydrogen) atoms. The molecule has 0 aliphatic carbocycles. The van der Waals surface area contributed by atoms with Gasteiger partial charge in [-0.05, 0) is 13.3 Å². The van der Waals surface area contributed by atoms with Crippen LogP contribution in [0.15, 0.2) is 4.99 Å². The van der Waals surface area contributed by atoms with Gasteiger partial charge in [0.05, 0.1) is 19.6 Å². The minimum Gasteiger partial charge on any atom is -0.380 e. The van der Waals surface area contributed by atoms with Crippen LogP contribution in [0.3, 0.4) is 0 Å². The van der Waals surface area contributed by atoms with Gasteiger partial charge in [0, 0.05) is 19.7 Å². The van der Waals surface area contributed by atoms with E-state index >= 15 is 0 Å². The zero-order chi connectivity index (χ0) is 14.6. The van der Waals surface area contributed by atoms with Crippen molar-refractivity contribution in [1.82, 2.24) is 10.6 Å². The fraction of sp³-hybridized carbons (Fsp3) is 0.917. The zero-order valence-corrected chi connectivity index (χ0v) is 11.6. The Bertz CT molecular complexity index is 245. The summed E-state index contributed by atoms with van der Waals surface area (Å²) >= 11 is 0. The van der Waals surface area contributed by atoms with Crippen LogP contribution in [-0.2, 0) is 4.74 Å². The number of hydrogen-bond donors (Lipinski definition) is 2. The van der Waals surface area contributed by atoms with Gasteiger partial charge in [0.2, 0.25) is 0 Å². The van der Waals surface area contributed by atoms with Crippen LogP contribution in [0.25, 0.3) is 0 Å². The molecule has 0 saturated carbocycles. The molecule has 0 rings (SSSR count). The van der Waals surface area contributed by atoms with Gasteiger partial charge in [-0.15, -0.1) is 0 Å². The number of nitrogens with zero attached hydrogens (tertiary/aromatic N) is 1. The van der Waals surface area contributed by atoms with Gasteiger partial charge in [0.1, 0.15) is 0 Å². The highest BCUT2D eigenvalue weighted by atomic mass is 19.4. The number of rotatable bonds is 9. The van der Waals surface area contributed by atoms with Gasteiger partial charge in [-0.2, -0.15) is 13.2 Å². The first-order valence-corrected chi connectivity index (χ1v) is 6.66. The first-order chi connectivity index (χ1) is 8.99. The molecular weight excluding hydrogens is 259 g/mol. The number of guanidine groups is 1. The molecule has 0 amide bonds. The minimum atomic E-state index is -4.16. The fourth-order valence-corrected chi connectivity index (χ4v) is 1.23. The van der Waals surface area contributed by atoms with Gasteiger partial charge >= 0.3 is 6.18 Å². The van der Waals surface area contributed by atoms with Crippen LogP contribution in [-0.4, -0.2) is 45.0 Å². The first-order valence-electron chi connectivity index (χ1n) is 6.66. The number of ether oxygens (including phenoxy) is 1. The number of aliphatic imine (C=N–C) groups is 1. The number of nitrogens with one attached hydrogen (secondary N) is 2. The summed E-state index contributed by atoms with van der Waals surface area (Å²) in [7, 11) is 0. The lowest BCUT2D eigenvalue weighted by molar-refractivity contribution is -0.132. The predicted molar refractivity (Wildman–Crippen MR) is 70.4 cm³/mol. The van der Waals surface area contributed by atoms with Crippen LogP contribution >= 0.6 is 0 Å². The standard InChI is InChI=1S/C12H24F3N3O/c1-3-5-9-19-10-8-18-11(16-4-2)17-7-6-12(13,14)15/h3-10H2,1-2H3,(H2,16,17,18). The van der Waals surface area contributed by atoms with E-state index in [0.29, 0.717) is 32.3 Å². The third kappa shape index (κ3) is 13.3. The van der Waals surface area contributed by atoms with Crippen molar-refractivity contribution in [3.05, 3.63) is 0 Å². The maximum atomic E-state index is 12.0. The van der Waals surface area contributed by atoms with E-state index in [1.165, 1.54) is 0 Å². The van der Waals surface area contributed by atoms with E-state index in [2.05, 4.69) is 22.5 Å². The van der Waals surface area contributed by atoms with E-state index in [4.69, 9.17) is 4.74 Å². The van der Waals surface area contributed by atoms with Crippen LogP contribution in [0.2, 0.25) is 0 Å². The molecule has 114 valence electrons. The van der Waals surface area contributed by atoms with E-state index in [1.54, 1.807) is 0 Å². The van der Waals surface area contributed by atoms with Crippen LogP contribution in [0.4, 0.5) is 13.2 Å². The molecule has 0 fully saturated rings. The second-order valence-electron chi connectivity index (χ2n) is 4.02. The minimum absolute atomic E-state index is 0.268. The molecule has 0 aromatic rings. The molecule has 0 spiro atoms. The Hall–Kier alpha value is -0.980. The molecule has 0 heterocycles. The quantitative estimate of drug-likeness (QED) is 0.388. The van der Waals surface area contributed by atoms with Gasteiger partial charge in [-0.1, -0.05) is 13.3 Å². The lowest BCUT2D eigenvalue weighted by Crippen LogP contribution is -2.39. The molecular formula is C12H24F3N3O. The highest BCUT2D eigenvalue weighted by molar-refractivity contribution is 5.79. The van der Waals surface area contributed by atoms with Crippen molar-refractivity contribution in [2.24, 2.45) is 4.99 Å². The van der Waals surface area contributed by atoms with Crippen LogP contribution in [0.1, 0.15) is 33.1 Å². The van der Waals surface area contributed by atoms with Crippen molar-refractivity contribution in [2.75, 3.05) is 32.8 Å². The van der Waals surface area contributed by atoms with Crippen LogP contribution < -0.4 is 10.6 Å². The summed E-state index contributed by atoms with van der Waals surface area (Å²) in [6.45, 7) is 6.03. The number of hydrogen-bond acceptors (Lipinski definition) is 2. The molecule has 0 aliphatic rings. The molecule has 2 N–H and O–H groups in total. The maximum Gasteiger partial charge on any atom is 0.390 e. The Labute approximate surface area is 112 Å². The molecule has 4 nitrogen and oxygen atoms in total. The van der Waals surface area contributed by atoms with E-state index < -0.39 is 12.6 Å². The summed E-state index contributed by atoms with van der Waals surface area (Å²) < 4.78 is 41.3. The highest BCUT2D eigenvalue weighted by Crippen LogP contribution is 2.18. The van der Waals surface area contributed by atoms with E-state index in [0.717, 1.165) is 12.8 Å². The summed E-state index contributed by atoms with van der Waals surface area (Å²) in [5, 5.41) is 5.82. The van der Waals surface area contributed by atoms with Gasteiger partial charge < -0.3 is 15.4 Å². The fourth-order valence-electron chi connectivity index (χ4n) is 1.23. The predicted octanol–water partition coefficient (Wildman–Crippen LogP) is 2.31. The molecule has 0 saturated heterocycles. The smallest absolute Gasteiger partial charge is 0.380 e. The number of alkyl halides is 3. The molecule has 0 aliphatic heterocycles. The van der Waals surface area contributed by atoms with E-state index in [9.17, 15) is 13.2 Å². The summed E-state index contributed by atoms with van der Waals surface area (Å²) in [5.41, 5.74) is 0. The monoisotopic (exact) mass is 283 g/mol. The van der Waals surface area contributed by atoms with Crippen molar-refractivity contribution < 1.29 is 17.9 Å². The lowest BCUT2D eigenvalue weighted by Gasteiger charge is -2.11. The second kappa shape index (κ2) is 10.9. The largest absolute Gasteiger partial charge is 0.390 e. The zero-order valence-electron chi connectivity index (χ0n) is 11.6. The van der Waals surface area contributed by atoms with E-state index in [-0.39, 0.29) is 6.54 Å². The topological polar surface area (TPSA) is 45.6 Å². The van der Waals surface area contributed by atoms with Gasteiger partial charge in [-0.25, -0.2) is 0 Å². The average molecular weight is 283 g/mol. The van der Waals surface area contributed by atoms with Crippen molar-refractivity contribution >= 4 is 5.96 Å². The molecule has 0 aromatic carbocycles. The van der Waals surface area contributed by atoms with Crippen molar-refractivity contribution in [1.29, 1.82) is 0 Å². The van der Waals surface area contributed by atoms with E-state index in [1.807, 2.05) is 6.92 Å². The Balaban J connectivity index is 3.81. The normalized spacial score (nSPS) is 12.6. The maximum absolute atomic E-state index is 12.0. The summed E-state index contributed by atoms with van der Waals surface area (Å²) in [6.07, 6.45) is -2.98. The van der Waals surface area contributed by atoms with Gasteiger partial charge in [-0.3, -0.25) is 4.99 Å². The third-order valence-electron chi connectivity index (χ3n) is 2.19. The second-order valence-corrected chi connectivity index (χ2v) is 4.02. The van der Waals surface area contributed by atoms with Crippen molar-refractivity contribution in [3.63, 3.8) is 0 Å². The number of halogens is 3. The Kier molecular flexibility index (Phi) is 10.3. The Morgan fingerprint density at radius 2 is 1.89 bits per heavy atom. The molecule has 0 radical (unpaired) electrons. The molecule has 0 bridgehead atoms. The Morgan fingerprint density at radius 1 is 1.16 bits per heavy atom. The summed E-state index contributed by atoms with van der Waals surface area (Å²) in [5.74, 6) is 0.394. The van der Waals surface area contributed by atoms with Crippen LogP contribution in [0, 0.1) is 0 Å². The molecule has 0 atom stereocenters. The van der Waals surface area contributed by atoms with Crippen molar-refractivity contribution in [2.45, 2.75) is 39.3 Å². The molecule has 0 unspecified atom stereocenters. The third-order valence-corrected chi connectivity index (χ3v) is 2.19. The summed E-state index contributed by atoms with van der Waals surface area (Å²) in [6, 6.07) is 0. The lowest BCUT2D eigenvalue weighted by atomic mass is 10.4.